The zero-order chi connectivity index (χ0) is 16.4. The molecule has 118 valence electrons. The van der Waals surface area contributed by atoms with Crippen LogP contribution in [0.4, 0.5) is 13.2 Å². The molecule has 0 aliphatic rings. The third-order valence-electron chi connectivity index (χ3n) is 3.44. The lowest BCUT2D eigenvalue weighted by molar-refractivity contribution is -0.137. The van der Waals surface area contributed by atoms with Crippen LogP contribution in [-0.2, 0) is 11.5 Å². The Balaban J connectivity index is 2.01. The third kappa shape index (κ3) is 3.32. The minimum absolute atomic E-state index is 0.566. The van der Waals surface area contributed by atoms with E-state index in [1.54, 1.807) is 4.68 Å². The fraction of sp³-hybridized carbons (Fsp3) is 0.118. The number of hydrogen-bond donors (Lipinski definition) is 0. The van der Waals surface area contributed by atoms with E-state index in [1.807, 2.05) is 36.5 Å². The number of nitrogens with zero attached hydrogens (tertiary/aromatic N) is 2. The lowest BCUT2D eigenvalue weighted by atomic mass is 10.1. The van der Waals surface area contributed by atoms with Gasteiger partial charge in [-0.15, -0.1) is 0 Å². The number of hydrogen-bond acceptors (Lipinski definition) is 1. The zero-order valence-electron chi connectivity index (χ0n) is 11.9. The van der Waals surface area contributed by atoms with Crippen molar-refractivity contribution < 1.29 is 13.2 Å². The molecule has 0 N–H and O–H groups in total. The van der Waals surface area contributed by atoms with Crippen LogP contribution >= 0.6 is 15.9 Å². The standard InChI is InChI=1S/C17H12BrF3N2/c18-10-13-11-23(15-4-2-1-3-5-15)22-16(13)12-6-8-14(9-7-12)17(19,20)21/h1-9,11H,10H2. The first-order valence-electron chi connectivity index (χ1n) is 6.86. The molecule has 3 aromatic rings. The maximum Gasteiger partial charge on any atom is 0.416 e. The normalized spacial score (nSPS) is 11.7. The number of para-hydroxylation sites is 1. The number of aromatic nitrogens is 2. The molecule has 0 bridgehead atoms. The molecule has 2 aromatic carbocycles. The van der Waals surface area contributed by atoms with Crippen LogP contribution in [0.3, 0.4) is 0 Å². The fourth-order valence-electron chi connectivity index (χ4n) is 2.28. The van der Waals surface area contributed by atoms with Crippen molar-refractivity contribution in [2.24, 2.45) is 0 Å². The average Bonchev–Trinajstić information content (AvgIpc) is 2.99. The van der Waals surface area contributed by atoms with Crippen molar-refractivity contribution in [1.82, 2.24) is 9.78 Å². The average molecular weight is 381 g/mol. The molecule has 0 aliphatic carbocycles. The zero-order valence-corrected chi connectivity index (χ0v) is 13.5. The SMILES string of the molecule is FC(F)(F)c1ccc(-c2nn(-c3ccccc3)cc2CBr)cc1. The molecular weight excluding hydrogens is 369 g/mol. The highest BCUT2D eigenvalue weighted by Gasteiger charge is 2.30. The van der Waals surface area contributed by atoms with Gasteiger partial charge >= 0.3 is 6.18 Å². The summed E-state index contributed by atoms with van der Waals surface area (Å²) < 4.78 is 39.7. The van der Waals surface area contributed by atoms with Gasteiger partial charge in [0, 0.05) is 22.7 Å². The molecular formula is C17H12BrF3N2. The Kier molecular flexibility index (Phi) is 4.26. The Bertz CT molecular complexity index is 793. The summed E-state index contributed by atoms with van der Waals surface area (Å²) in [5.74, 6) is 0. The maximum absolute atomic E-state index is 12.7. The largest absolute Gasteiger partial charge is 0.416 e. The van der Waals surface area contributed by atoms with Gasteiger partial charge in [0.15, 0.2) is 0 Å². The Labute approximate surface area is 139 Å². The van der Waals surface area contributed by atoms with E-state index in [9.17, 15) is 13.2 Å². The summed E-state index contributed by atoms with van der Waals surface area (Å²) >= 11 is 3.40. The molecule has 0 spiro atoms. The fourth-order valence-corrected chi connectivity index (χ4v) is 2.69. The summed E-state index contributed by atoms with van der Waals surface area (Å²) in [6.07, 6.45) is -2.46. The summed E-state index contributed by atoms with van der Waals surface area (Å²) in [6, 6.07) is 14.6. The highest BCUT2D eigenvalue weighted by atomic mass is 79.9. The van der Waals surface area contributed by atoms with Gasteiger partial charge in [-0.3, -0.25) is 0 Å². The third-order valence-corrected chi connectivity index (χ3v) is 4.04. The van der Waals surface area contributed by atoms with E-state index in [1.165, 1.54) is 12.1 Å². The van der Waals surface area contributed by atoms with Crippen molar-refractivity contribution in [2.75, 3.05) is 0 Å². The van der Waals surface area contributed by atoms with Gasteiger partial charge in [-0.1, -0.05) is 46.3 Å². The van der Waals surface area contributed by atoms with E-state index in [4.69, 9.17) is 0 Å². The second-order valence-electron chi connectivity index (χ2n) is 4.99. The van der Waals surface area contributed by atoms with E-state index in [0.29, 0.717) is 16.6 Å². The molecule has 0 unspecified atom stereocenters. The first kappa shape index (κ1) is 15.8. The van der Waals surface area contributed by atoms with Gasteiger partial charge in [0.2, 0.25) is 0 Å². The van der Waals surface area contributed by atoms with Crippen molar-refractivity contribution in [3.8, 4) is 16.9 Å². The van der Waals surface area contributed by atoms with Crippen LogP contribution in [-0.4, -0.2) is 9.78 Å². The van der Waals surface area contributed by atoms with Crippen molar-refractivity contribution in [3.05, 3.63) is 71.9 Å². The molecule has 0 radical (unpaired) electrons. The molecule has 0 amide bonds. The minimum atomic E-state index is -4.33. The Hall–Kier alpha value is -2.08. The topological polar surface area (TPSA) is 17.8 Å². The predicted octanol–water partition coefficient (Wildman–Crippen LogP) is 5.45. The van der Waals surface area contributed by atoms with Crippen LogP contribution in [0.2, 0.25) is 0 Å². The number of alkyl halides is 4. The van der Waals surface area contributed by atoms with Gasteiger partial charge in [0.05, 0.1) is 16.9 Å². The van der Waals surface area contributed by atoms with E-state index in [-0.39, 0.29) is 0 Å². The van der Waals surface area contributed by atoms with E-state index >= 15 is 0 Å². The Morgan fingerprint density at radius 2 is 1.61 bits per heavy atom. The lowest BCUT2D eigenvalue weighted by Gasteiger charge is -2.07. The van der Waals surface area contributed by atoms with Crippen molar-refractivity contribution >= 4 is 15.9 Å². The Morgan fingerprint density at radius 3 is 2.17 bits per heavy atom. The first-order chi connectivity index (χ1) is 11.0. The number of rotatable bonds is 3. The van der Waals surface area contributed by atoms with Gasteiger partial charge in [-0.25, -0.2) is 4.68 Å². The van der Waals surface area contributed by atoms with E-state index in [2.05, 4.69) is 21.0 Å². The van der Waals surface area contributed by atoms with Crippen molar-refractivity contribution in [3.63, 3.8) is 0 Å². The van der Waals surface area contributed by atoms with Gasteiger partial charge in [0.25, 0.3) is 0 Å². The van der Waals surface area contributed by atoms with Gasteiger partial charge in [-0.05, 0) is 24.3 Å². The molecule has 1 heterocycles. The van der Waals surface area contributed by atoms with E-state index in [0.717, 1.165) is 23.4 Å². The molecule has 0 saturated heterocycles. The summed E-state index contributed by atoms with van der Waals surface area (Å²) in [6.45, 7) is 0. The second-order valence-corrected chi connectivity index (χ2v) is 5.55. The van der Waals surface area contributed by atoms with Gasteiger partial charge in [-0.2, -0.15) is 18.3 Å². The first-order valence-corrected chi connectivity index (χ1v) is 7.99. The Morgan fingerprint density at radius 1 is 0.957 bits per heavy atom. The summed E-state index contributed by atoms with van der Waals surface area (Å²) in [5.41, 5.74) is 2.46. The van der Waals surface area contributed by atoms with Crippen LogP contribution in [0.5, 0.6) is 0 Å². The van der Waals surface area contributed by atoms with Crippen LogP contribution in [0, 0.1) is 0 Å². The van der Waals surface area contributed by atoms with Gasteiger partial charge in [0.1, 0.15) is 0 Å². The van der Waals surface area contributed by atoms with Crippen LogP contribution in [0.1, 0.15) is 11.1 Å². The van der Waals surface area contributed by atoms with Crippen molar-refractivity contribution in [2.45, 2.75) is 11.5 Å². The van der Waals surface area contributed by atoms with Gasteiger partial charge < -0.3 is 0 Å². The van der Waals surface area contributed by atoms with E-state index < -0.39 is 11.7 Å². The highest BCUT2D eigenvalue weighted by Crippen LogP contribution is 2.32. The number of benzene rings is 2. The summed E-state index contributed by atoms with van der Waals surface area (Å²) in [5, 5.41) is 5.08. The highest BCUT2D eigenvalue weighted by molar-refractivity contribution is 9.08. The molecule has 0 fully saturated rings. The second kappa shape index (κ2) is 6.20. The van der Waals surface area contributed by atoms with Crippen molar-refractivity contribution in [1.29, 1.82) is 0 Å². The molecule has 3 rings (SSSR count). The quantitative estimate of drug-likeness (QED) is 0.552. The molecule has 0 atom stereocenters. The summed E-state index contributed by atoms with van der Waals surface area (Å²) in [4.78, 5) is 0. The van der Waals surface area contributed by atoms with Crippen LogP contribution < -0.4 is 0 Å². The molecule has 0 aliphatic heterocycles. The predicted molar refractivity (Wildman–Crippen MR) is 86.6 cm³/mol. The molecule has 0 saturated carbocycles. The summed E-state index contributed by atoms with van der Waals surface area (Å²) in [7, 11) is 0. The number of halogens is 4. The monoisotopic (exact) mass is 380 g/mol. The van der Waals surface area contributed by atoms with Crippen LogP contribution in [0.25, 0.3) is 16.9 Å². The lowest BCUT2D eigenvalue weighted by Crippen LogP contribution is -2.04. The molecule has 1 aromatic heterocycles. The smallest absolute Gasteiger partial charge is 0.240 e. The minimum Gasteiger partial charge on any atom is -0.240 e. The molecule has 23 heavy (non-hydrogen) atoms. The maximum atomic E-state index is 12.7. The molecule has 2 nitrogen and oxygen atoms in total. The molecule has 6 heteroatoms. The van der Waals surface area contributed by atoms with Crippen LogP contribution in [0.15, 0.2) is 60.8 Å².